The van der Waals surface area contributed by atoms with E-state index in [1.54, 1.807) is 12.3 Å². The molecule has 0 unspecified atom stereocenters. The Morgan fingerprint density at radius 3 is 2.88 bits per heavy atom. The summed E-state index contributed by atoms with van der Waals surface area (Å²) in [6.45, 7) is -0.261. The van der Waals surface area contributed by atoms with Gasteiger partial charge in [0.2, 0.25) is 0 Å². The summed E-state index contributed by atoms with van der Waals surface area (Å²) in [7, 11) is 0. The fourth-order valence-corrected chi connectivity index (χ4v) is 0.403. The van der Waals surface area contributed by atoms with E-state index >= 15 is 0 Å². The van der Waals surface area contributed by atoms with Crippen LogP contribution in [-0.2, 0) is 11.7 Å². The Bertz CT molecular complexity index is 152. The maximum atomic E-state index is 10.0. The van der Waals surface area contributed by atoms with E-state index in [9.17, 15) is 5.11 Å². The Balaban J connectivity index is 2.83. The second-order valence-electron chi connectivity index (χ2n) is 1.35. The zero-order chi connectivity index (χ0) is 5.82. The zero-order valence-electron chi connectivity index (χ0n) is 4.24. The molecule has 1 heterocycles. The number of rotatable bonds is 1. The van der Waals surface area contributed by atoms with Gasteiger partial charge in [-0.15, -0.1) is 0 Å². The molecule has 0 saturated heterocycles. The van der Waals surface area contributed by atoms with Gasteiger partial charge in [0.1, 0.15) is 12.9 Å². The summed E-state index contributed by atoms with van der Waals surface area (Å²) >= 11 is 0. The van der Waals surface area contributed by atoms with Crippen LogP contribution in [0.25, 0.3) is 0 Å². The van der Waals surface area contributed by atoms with Gasteiger partial charge < -0.3 is 0 Å². The molecule has 0 bridgehead atoms. The summed E-state index contributed by atoms with van der Waals surface area (Å²) in [5.41, 5.74) is 0.542. The maximum absolute atomic E-state index is 10.0. The predicted molar refractivity (Wildman–Crippen MR) is 26.4 cm³/mol. The highest BCUT2D eigenvalue weighted by Crippen LogP contribution is 1.87. The van der Waals surface area contributed by atoms with Gasteiger partial charge in [-0.3, -0.25) is 0 Å². The van der Waals surface area contributed by atoms with Crippen molar-refractivity contribution in [2.24, 2.45) is 0 Å². The van der Waals surface area contributed by atoms with E-state index in [4.69, 9.17) is 0 Å². The first-order valence-electron chi connectivity index (χ1n) is 2.26. The standard InChI is InChI=1S/C5H5N2O/c8-3-5-1-2-6-4-7-5/h1-2,4H,3H2. The van der Waals surface area contributed by atoms with Gasteiger partial charge in [0.05, 0.1) is 5.69 Å². The molecular weight excluding hydrogens is 104 g/mol. The van der Waals surface area contributed by atoms with Gasteiger partial charge in [-0.25, -0.2) is 15.1 Å². The smallest absolute Gasteiger partial charge is 0.124 e. The van der Waals surface area contributed by atoms with Crippen LogP contribution in [0.1, 0.15) is 5.69 Å². The molecule has 1 radical (unpaired) electrons. The molecule has 0 fully saturated rings. The number of nitrogens with zero attached hydrogens (tertiary/aromatic N) is 2. The van der Waals surface area contributed by atoms with Gasteiger partial charge in [-0.2, -0.15) is 0 Å². The molecule has 0 aliphatic rings. The molecule has 0 aliphatic heterocycles. The van der Waals surface area contributed by atoms with Gasteiger partial charge in [-0.05, 0) is 6.07 Å². The normalized spacial score (nSPS) is 9.12. The van der Waals surface area contributed by atoms with Gasteiger partial charge in [0.15, 0.2) is 0 Å². The molecule has 0 saturated carbocycles. The van der Waals surface area contributed by atoms with E-state index in [-0.39, 0.29) is 6.61 Å². The highest BCUT2D eigenvalue weighted by molar-refractivity contribution is 4.94. The summed E-state index contributed by atoms with van der Waals surface area (Å²) in [4.78, 5) is 7.32. The summed E-state index contributed by atoms with van der Waals surface area (Å²) in [5.74, 6) is 0. The minimum atomic E-state index is -0.261. The Labute approximate surface area is 47.0 Å². The first-order chi connectivity index (χ1) is 3.93. The van der Waals surface area contributed by atoms with Crippen LogP contribution in [0.4, 0.5) is 0 Å². The maximum Gasteiger partial charge on any atom is 0.124 e. The third-order valence-electron chi connectivity index (χ3n) is 0.791. The summed E-state index contributed by atoms with van der Waals surface area (Å²) in [6.07, 6.45) is 2.92. The quantitative estimate of drug-likeness (QED) is 0.524. The van der Waals surface area contributed by atoms with Crippen molar-refractivity contribution >= 4 is 0 Å². The lowest BCUT2D eigenvalue weighted by atomic mass is 10.4. The summed E-state index contributed by atoms with van der Waals surface area (Å²) in [6, 6.07) is 1.60. The van der Waals surface area contributed by atoms with Gasteiger partial charge in [0, 0.05) is 6.20 Å². The monoisotopic (exact) mass is 109 g/mol. The van der Waals surface area contributed by atoms with E-state index in [1.807, 2.05) is 0 Å². The number of hydrogen-bond acceptors (Lipinski definition) is 2. The molecule has 0 atom stereocenters. The van der Waals surface area contributed by atoms with E-state index in [1.165, 1.54) is 6.33 Å². The lowest BCUT2D eigenvalue weighted by molar-refractivity contribution is 0.173. The first kappa shape index (κ1) is 5.18. The Morgan fingerprint density at radius 1 is 1.62 bits per heavy atom. The Hall–Kier alpha value is -0.960. The van der Waals surface area contributed by atoms with E-state index < -0.39 is 0 Å². The van der Waals surface area contributed by atoms with Crippen molar-refractivity contribution in [1.29, 1.82) is 0 Å². The topological polar surface area (TPSA) is 45.7 Å². The highest BCUT2D eigenvalue weighted by Gasteiger charge is 1.85. The van der Waals surface area contributed by atoms with Crippen LogP contribution in [0, 0.1) is 0 Å². The van der Waals surface area contributed by atoms with Crippen molar-refractivity contribution in [2.75, 3.05) is 0 Å². The molecule has 0 aliphatic carbocycles. The van der Waals surface area contributed by atoms with Gasteiger partial charge in [-0.1, -0.05) is 0 Å². The lowest BCUT2D eigenvalue weighted by Crippen LogP contribution is -1.85. The van der Waals surface area contributed by atoms with E-state index in [0.717, 1.165) is 0 Å². The third kappa shape index (κ3) is 1.01. The summed E-state index contributed by atoms with van der Waals surface area (Å²) in [5, 5.41) is 10.0. The molecule has 3 nitrogen and oxygen atoms in total. The predicted octanol–water partition coefficient (Wildman–Crippen LogP) is 0.407. The van der Waals surface area contributed by atoms with Crippen molar-refractivity contribution in [3.63, 3.8) is 0 Å². The molecule has 41 valence electrons. The summed E-state index contributed by atoms with van der Waals surface area (Å²) < 4.78 is 0. The first-order valence-corrected chi connectivity index (χ1v) is 2.26. The van der Waals surface area contributed by atoms with Gasteiger partial charge >= 0.3 is 0 Å². The molecule has 1 aromatic heterocycles. The second kappa shape index (κ2) is 2.37. The number of aromatic nitrogens is 2. The molecule has 1 rings (SSSR count). The largest absolute Gasteiger partial charge is 0.245 e. The fourth-order valence-electron chi connectivity index (χ4n) is 0.403. The molecule has 3 heteroatoms. The molecule has 8 heavy (non-hydrogen) atoms. The van der Waals surface area contributed by atoms with Crippen LogP contribution in [0.2, 0.25) is 0 Å². The Kier molecular flexibility index (Phi) is 1.54. The van der Waals surface area contributed by atoms with Crippen LogP contribution >= 0.6 is 0 Å². The van der Waals surface area contributed by atoms with Crippen LogP contribution < -0.4 is 0 Å². The molecular formula is C5H5N2O. The SMILES string of the molecule is [O]Cc1ccncn1. The van der Waals surface area contributed by atoms with Crippen molar-refractivity contribution in [2.45, 2.75) is 6.61 Å². The molecule has 0 amide bonds. The minimum absolute atomic E-state index is 0.261. The second-order valence-corrected chi connectivity index (χ2v) is 1.35. The van der Waals surface area contributed by atoms with Crippen molar-refractivity contribution < 1.29 is 5.11 Å². The van der Waals surface area contributed by atoms with Crippen LogP contribution in [0.3, 0.4) is 0 Å². The minimum Gasteiger partial charge on any atom is -0.245 e. The van der Waals surface area contributed by atoms with E-state index in [0.29, 0.717) is 5.69 Å². The number of hydrogen-bond donors (Lipinski definition) is 0. The molecule has 1 aromatic rings. The lowest BCUT2D eigenvalue weighted by Gasteiger charge is -1.85. The van der Waals surface area contributed by atoms with Crippen LogP contribution in [-0.4, -0.2) is 9.97 Å². The van der Waals surface area contributed by atoms with Crippen molar-refractivity contribution in [3.05, 3.63) is 24.3 Å². The molecule has 0 spiro atoms. The van der Waals surface area contributed by atoms with Crippen LogP contribution in [0.15, 0.2) is 18.6 Å². The Morgan fingerprint density at radius 2 is 2.50 bits per heavy atom. The van der Waals surface area contributed by atoms with Crippen molar-refractivity contribution in [1.82, 2.24) is 9.97 Å². The average molecular weight is 109 g/mol. The average Bonchev–Trinajstić information content (AvgIpc) is 1.90. The van der Waals surface area contributed by atoms with E-state index in [2.05, 4.69) is 9.97 Å². The zero-order valence-corrected chi connectivity index (χ0v) is 4.24. The van der Waals surface area contributed by atoms with Gasteiger partial charge in [0.25, 0.3) is 0 Å². The third-order valence-corrected chi connectivity index (χ3v) is 0.791. The molecule has 0 N–H and O–H groups in total. The highest BCUT2D eigenvalue weighted by atomic mass is 16.3. The van der Waals surface area contributed by atoms with Crippen molar-refractivity contribution in [3.8, 4) is 0 Å². The molecule has 0 aromatic carbocycles. The fraction of sp³-hybridized carbons (Fsp3) is 0.200. The van der Waals surface area contributed by atoms with Crippen LogP contribution in [0.5, 0.6) is 0 Å².